The fraction of sp³-hybridized carbons (Fsp3) is 1.00. The summed E-state index contributed by atoms with van der Waals surface area (Å²) in [5.74, 6) is 0. The van der Waals surface area contributed by atoms with Crippen molar-refractivity contribution >= 4 is 30.7 Å². The number of aliphatic hydroxyl groups excluding tert-OH is 1. The Balaban J connectivity index is 4.21. The Morgan fingerprint density at radius 1 is 1.38 bits per heavy atom. The number of rotatable bonds is 5. The summed E-state index contributed by atoms with van der Waals surface area (Å²) in [5.41, 5.74) is -0.0217. The van der Waals surface area contributed by atoms with Gasteiger partial charge in [-0.2, -0.15) is 0 Å². The van der Waals surface area contributed by atoms with Gasteiger partial charge in [0.2, 0.25) is 0 Å². The molecule has 1 unspecified atom stereocenters. The molecule has 3 heteroatoms. The summed E-state index contributed by atoms with van der Waals surface area (Å²) in [6.45, 7) is 11.2. The third kappa shape index (κ3) is 6.07. The van der Waals surface area contributed by atoms with Crippen molar-refractivity contribution in [3.05, 3.63) is 0 Å². The van der Waals surface area contributed by atoms with E-state index in [2.05, 4.69) is 56.5 Å². The molecule has 0 aliphatic carbocycles. The van der Waals surface area contributed by atoms with Gasteiger partial charge in [0.25, 0.3) is 0 Å². The quantitative estimate of drug-likeness (QED) is 0.467. The highest BCUT2D eigenvalue weighted by Crippen LogP contribution is 2.31. The van der Waals surface area contributed by atoms with Crippen molar-refractivity contribution in [3.63, 3.8) is 0 Å². The van der Waals surface area contributed by atoms with Gasteiger partial charge in [0.1, 0.15) is 0 Å². The molecule has 0 heterocycles. The summed E-state index contributed by atoms with van der Waals surface area (Å²) in [6, 6.07) is 1.20. The molecule has 13 heavy (non-hydrogen) atoms. The Bertz CT molecular complexity index is 151. The first-order valence-corrected chi connectivity index (χ1v) is 9.42. The SMILES string of the molecule is CCCC(O)[Si](C)(C)CC(C)(C)I. The van der Waals surface area contributed by atoms with E-state index >= 15 is 0 Å². The van der Waals surface area contributed by atoms with E-state index in [9.17, 15) is 5.11 Å². The molecule has 0 aromatic rings. The molecule has 80 valence electrons. The zero-order chi connectivity index (χ0) is 10.7. The van der Waals surface area contributed by atoms with Crippen LogP contribution in [0, 0.1) is 0 Å². The zero-order valence-electron chi connectivity index (χ0n) is 9.52. The second-order valence-electron chi connectivity index (χ2n) is 5.19. The van der Waals surface area contributed by atoms with E-state index in [1.165, 1.54) is 6.04 Å². The first kappa shape index (κ1) is 13.9. The minimum atomic E-state index is -1.42. The molecule has 1 atom stereocenters. The van der Waals surface area contributed by atoms with Crippen LogP contribution in [0.1, 0.15) is 33.6 Å². The second-order valence-corrected chi connectivity index (χ2v) is 13.1. The molecule has 0 saturated heterocycles. The van der Waals surface area contributed by atoms with Crippen LogP contribution < -0.4 is 0 Å². The molecule has 0 aromatic carbocycles. The number of hydrogen-bond donors (Lipinski definition) is 1. The predicted molar refractivity (Wildman–Crippen MR) is 71.3 cm³/mol. The zero-order valence-corrected chi connectivity index (χ0v) is 12.7. The third-order valence-electron chi connectivity index (χ3n) is 2.34. The van der Waals surface area contributed by atoms with Crippen molar-refractivity contribution in [3.8, 4) is 0 Å². The molecule has 0 radical (unpaired) electrons. The number of halogens is 1. The summed E-state index contributed by atoms with van der Waals surface area (Å²) in [5, 5.41) is 10.00. The second kappa shape index (κ2) is 5.12. The summed E-state index contributed by atoms with van der Waals surface area (Å²) in [7, 11) is -1.42. The van der Waals surface area contributed by atoms with Gasteiger partial charge in [-0.25, -0.2) is 0 Å². The monoisotopic (exact) mass is 314 g/mol. The minimum absolute atomic E-state index is 0.0217. The van der Waals surface area contributed by atoms with E-state index in [1.807, 2.05) is 0 Å². The van der Waals surface area contributed by atoms with E-state index in [0.29, 0.717) is 3.42 Å². The summed E-state index contributed by atoms with van der Waals surface area (Å²) in [6.07, 6.45) is 2.07. The Labute approximate surface area is 97.5 Å². The van der Waals surface area contributed by atoms with E-state index in [-0.39, 0.29) is 5.73 Å². The molecule has 0 rings (SSSR count). The van der Waals surface area contributed by atoms with Crippen molar-refractivity contribution in [2.75, 3.05) is 0 Å². The summed E-state index contributed by atoms with van der Waals surface area (Å²) in [4.78, 5) is 0. The Hall–Kier alpha value is 0.907. The number of hydrogen-bond acceptors (Lipinski definition) is 1. The maximum atomic E-state index is 10.00. The van der Waals surface area contributed by atoms with Gasteiger partial charge in [-0.3, -0.25) is 0 Å². The lowest BCUT2D eigenvalue weighted by Gasteiger charge is -2.33. The van der Waals surface area contributed by atoms with Crippen LogP contribution in [0.15, 0.2) is 0 Å². The first-order valence-electron chi connectivity index (χ1n) is 5.06. The first-order chi connectivity index (χ1) is 5.69. The van der Waals surface area contributed by atoms with Crippen molar-refractivity contribution < 1.29 is 5.11 Å². The maximum absolute atomic E-state index is 10.00. The molecule has 0 fully saturated rings. The molecule has 0 aromatic heterocycles. The lowest BCUT2D eigenvalue weighted by atomic mass is 10.3. The maximum Gasteiger partial charge on any atom is 0.0824 e. The average Bonchev–Trinajstić information content (AvgIpc) is 1.82. The van der Waals surface area contributed by atoms with Crippen LogP contribution in [0.3, 0.4) is 0 Å². The Kier molecular flexibility index (Phi) is 5.48. The fourth-order valence-electron chi connectivity index (χ4n) is 1.87. The molecular formula is C10H23IOSi. The van der Waals surface area contributed by atoms with E-state index < -0.39 is 8.07 Å². The molecular weight excluding hydrogens is 291 g/mol. The molecule has 1 N–H and O–H groups in total. The van der Waals surface area contributed by atoms with Crippen LogP contribution >= 0.6 is 22.6 Å². The van der Waals surface area contributed by atoms with Gasteiger partial charge in [-0.15, -0.1) is 0 Å². The standard InChI is InChI=1S/C10H23IOSi/c1-6-7-9(12)13(4,5)8-10(2,3)11/h9,12H,6-8H2,1-5H3. The molecule has 0 amide bonds. The van der Waals surface area contributed by atoms with E-state index in [1.54, 1.807) is 0 Å². The van der Waals surface area contributed by atoms with E-state index in [4.69, 9.17) is 0 Å². The highest BCUT2D eigenvalue weighted by Gasteiger charge is 2.34. The Morgan fingerprint density at radius 2 is 1.85 bits per heavy atom. The van der Waals surface area contributed by atoms with E-state index in [0.717, 1.165) is 12.8 Å². The fourth-order valence-corrected chi connectivity index (χ4v) is 8.29. The van der Waals surface area contributed by atoms with Crippen molar-refractivity contribution in [2.24, 2.45) is 0 Å². The van der Waals surface area contributed by atoms with Crippen LogP contribution in [-0.4, -0.2) is 22.3 Å². The molecule has 0 saturated carbocycles. The van der Waals surface area contributed by atoms with Gasteiger partial charge in [-0.05, 0) is 12.5 Å². The number of aliphatic hydroxyl groups is 1. The van der Waals surface area contributed by atoms with Gasteiger partial charge in [0, 0.05) is 9.15 Å². The van der Waals surface area contributed by atoms with Gasteiger partial charge < -0.3 is 5.11 Å². The van der Waals surface area contributed by atoms with Crippen molar-refractivity contribution in [2.45, 2.75) is 61.9 Å². The van der Waals surface area contributed by atoms with Gasteiger partial charge in [0.05, 0.1) is 8.07 Å². The Morgan fingerprint density at radius 3 is 2.15 bits per heavy atom. The lowest BCUT2D eigenvalue weighted by molar-refractivity contribution is 0.230. The molecule has 1 nitrogen and oxygen atoms in total. The van der Waals surface area contributed by atoms with Gasteiger partial charge >= 0.3 is 0 Å². The number of alkyl halides is 1. The smallest absolute Gasteiger partial charge is 0.0824 e. The molecule has 0 spiro atoms. The highest BCUT2D eigenvalue weighted by molar-refractivity contribution is 14.1. The van der Waals surface area contributed by atoms with Crippen LogP contribution in [0.25, 0.3) is 0 Å². The predicted octanol–water partition coefficient (Wildman–Crippen LogP) is 3.61. The highest BCUT2D eigenvalue weighted by atomic mass is 127. The average molecular weight is 314 g/mol. The van der Waals surface area contributed by atoms with Crippen LogP contribution in [0.2, 0.25) is 19.1 Å². The molecule has 0 aliphatic rings. The summed E-state index contributed by atoms with van der Waals surface area (Å²) < 4.78 is 0.336. The van der Waals surface area contributed by atoms with Crippen molar-refractivity contribution in [1.29, 1.82) is 0 Å². The lowest BCUT2D eigenvalue weighted by Crippen LogP contribution is -2.45. The third-order valence-corrected chi connectivity index (χ3v) is 7.33. The minimum Gasteiger partial charge on any atom is -0.397 e. The van der Waals surface area contributed by atoms with Gasteiger partial charge in [0.15, 0.2) is 0 Å². The van der Waals surface area contributed by atoms with Gasteiger partial charge in [-0.1, -0.05) is 62.9 Å². The topological polar surface area (TPSA) is 20.2 Å². The largest absolute Gasteiger partial charge is 0.397 e. The molecule has 0 aliphatic heterocycles. The van der Waals surface area contributed by atoms with Crippen LogP contribution in [-0.2, 0) is 0 Å². The van der Waals surface area contributed by atoms with Crippen LogP contribution in [0.5, 0.6) is 0 Å². The normalized spacial score (nSPS) is 15.9. The van der Waals surface area contributed by atoms with Crippen LogP contribution in [0.4, 0.5) is 0 Å². The van der Waals surface area contributed by atoms with Crippen molar-refractivity contribution in [1.82, 2.24) is 0 Å². The molecule has 0 bridgehead atoms. The summed E-state index contributed by atoms with van der Waals surface area (Å²) >= 11 is 2.49.